The zero-order chi connectivity index (χ0) is 12.9. The summed E-state index contributed by atoms with van der Waals surface area (Å²) in [4.78, 5) is 43.5. The Morgan fingerprint density at radius 2 is 1.38 bits per heavy atom. The highest BCUT2D eigenvalue weighted by molar-refractivity contribution is 5.92. The fourth-order valence-corrected chi connectivity index (χ4v) is 0.898. The molecular weight excluding hydrogens is 216 g/mol. The maximum Gasteiger partial charge on any atom is 0.319 e. The van der Waals surface area contributed by atoms with Crippen molar-refractivity contribution >= 4 is 23.9 Å². The second kappa shape index (κ2) is 5.39. The van der Waals surface area contributed by atoms with Crippen LogP contribution < -0.4 is 0 Å². The van der Waals surface area contributed by atoms with Gasteiger partial charge in [-0.2, -0.15) is 0 Å². The molecule has 0 aromatic rings. The number of carbonyl (C=O) groups excluding carboxylic acids is 4. The lowest BCUT2D eigenvalue weighted by Gasteiger charge is -2.19. The summed E-state index contributed by atoms with van der Waals surface area (Å²) in [6, 6.07) is 0. The van der Waals surface area contributed by atoms with E-state index in [2.05, 4.69) is 9.47 Å². The molecule has 0 rings (SSSR count). The Hall–Kier alpha value is -1.72. The van der Waals surface area contributed by atoms with Crippen LogP contribution in [-0.2, 0) is 28.7 Å². The van der Waals surface area contributed by atoms with Crippen LogP contribution >= 0.6 is 0 Å². The predicted molar refractivity (Wildman–Crippen MR) is 51.9 cm³/mol. The van der Waals surface area contributed by atoms with Gasteiger partial charge in [0.05, 0.1) is 11.8 Å². The van der Waals surface area contributed by atoms with Gasteiger partial charge in [0.2, 0.25) is 0 Å². The van der Waals surface area contributed by atoms with Crippen molar-refractivity contribution in [2.24, 2.45) is 5.41 Å². The smallest absolute Gasteiger partial charge is 0.319 e. The molecule has 0 fully saturated rings. The topological polar surface area (TPSA) is 86.7 Å². The van der Waals surface area contributed by atoms with Gasteiger partial charge in [0.15, 0.2) is 0 Å². The van der Waals surface area contributed by atoms with Gasteiger partial charge < -0.3 is 9.47 Å². The van der Waals surface area contributed by atoms with Crippen LogP contribution in [0, 0.1) is 5.41 Å². The molecule has 0 atom stereocenters. The van der Waals surface area contributed by atoms with Gasteiger partial charge in [-0.25, -0.2) is 0 Å². The van der Waals surface area contributed by atoms with Crippen molar-refractivity contribution in [3.63, 3.8) is 0 Å². The van der Waals surface area contributed by atoms with Gasteiger partial charge in [0.1, 0.15) is 0 Å². The number of rotatable bonds is 3. The first-order chi connectivity index (χ1) is 7.15. The van der Waals surface area contributed by atoms with Crippen molar-refractivity contribution in [1.82, 2.24) is 0 Å². The summed E-state index contributed by atoms with van der Waals surface area (Å²) in [6.07, 6.45) is -0.335. The van der Waals surface area contributed by atoms with Gasteiger partial charge in [-0.15, -0.1) is 0 Å². The second-order valence-corrected chi connectivity index (χ2v) is 3.91. The van der Waals surface area contributed by atoms with Crippen molar-refractivity contribution in [3.8, 4) is 0 Å². The third-order valence-electron chi connectivity index (χ3n) is 1.63. The number of carbonyl (C=O) groups is 4. The van der Waals surface area contributed by atoms with Crippen LogP contribution in [0.15, 0.2) is 0 Å². The van der Waals surface area contributed by atoms with Gasteiger partial charge in [-0.1, -0.05) is 0 Å². The SMILES string of the molecule is CC(=O)OC(=O)CC(C)(C)C(=O)OC(C)=O. The van der Waals surface area contributed by atoms with E-state index < -0.39 is 29.3 Å². The van der Waals surface area contributed by atoms with Crippen molar-refractivity contribution in [3.05, 3.63) is 0 Å². The van der Waals surface area contributed by atoms with E-state index in [-0.39, 0.29) is 6.42 Å². The Morgan fingerprint density at radius 3 is 1.75 bits per heavy atom. The van der Waals surface area contributed by atoms with Crippen LogP contribution in [0.5, 0.6) is 0 Å². The van der Waals surface area contributed by atoms with E-state index in [9.17, 15) is 19.2 Å². The molecule has 0 unspecified atom stereocenters. The lowest BCUT2D eigenvalue weighted by Crippen LogP contribution is -2.31. The Labute approximate surface area is 92.9 Å². The molecule has 0 bridgehead atoms. The lowest BCUT2D eigenvalue weighted by atomic mass is 9.89. The largest absolute Gasteiger partial charge is 0.393 e. The maximum absolute atomic E-state index is 11.4. The number of ether oxygens (including phenoxy) is 2. The molecule has 0 aliphatic heterocycles. The molecule has 0 spiro atoms. The molecule has 0 heterocycles. The normalized spacial score (nSPS) is 10.5. The summed E-state index contributed by atoms with van der Waals surface area (Å²) in [7, 11) is 0. The van der Waals surface area contributed by atoms with E-state index >= 15 is 0 Å². The summed E-state index contributed by atoms with van der Waals surface area (Å²) in [5, 5.41) is 0. The molecule has 0 amide bonds. The van der Waals surface area contributed by atoms with E-state index in [1.807, 2.05) is 0 Å². The minimum Gasteiger partial charge on any atom is -0.393 e. The van der Waals surface area contributed by atoms with E-state index in [1.165, 1.54) is 13.8 Å². The van der Waals surface area contributed by atoms with Crippen molar-refractivity contribution < 1.29 is 28.7 Å². The van der Waals surface area contributed by atoms with Crippen LogP contribution in [0.4, 0.5) is 0 Å². The molecule has 0 aromatic heterocycles. The fraction of sp³-hybridized carbons (Fsp3) is 0.600. The van der Waals surface area contributed by atoms with E-state index in [0.29, 0.717) is 0 Å². The lowest BCUT2D eigenvalue weighted by molar-refractivity contribution is -0.170. The van der Waals surface area contributed by atoms with Gasteiger partial charge in [-0.3, -0.25) is 19.2 Å². The monoisotopic (exact) mass is 230 g/mol. The molecule has 0 saturated heterocycles. The van der Waals surface area contributed by atoms with Gasteiger partial charge >= 0.3 is 23.9 Å². The highest BCUT2D eigenvalue weighted by atomic mass is 16.6. The molecule has 0 aromatic carbocycles. The molecule has 0 saturated carbocycles. The zero-order valence-corrected chi connectivity index (χ0v) is 9.66. The van der Waals surface area contributed by atoms with Gasteiger partial charge in [0.25, 0.3) is 0 Å². The van der Waals surface area contributed by atoms with Crippen LogP contribution in [-0.4, -0.2) is 23.9 Å². The highest BCUT2D eigenvalue weighted by Gasteiger charge is 2.34. The molecule has 16 heavy (non-hydrogen) atoms. The van der Waals surface area contributed by atoms with Crippen molar-refractivity contribution in [2.75, 3.05) is 0 Å². The quantitative estimate of drug-likeness (QED) is 0.520. The van der Waals surface area contributed by atoms with Crippen LogP contribution in [0.2, 0.25) is 0 Å². The molecule has 0 radical (unpaired) electrons. The van der Waals surface area contributed by atoms with Crippen molar-refractivity contribution in [1.29, 1.82) is 0 Å². The average molecular weight is 230 g/mol. The van der Waals surface area contributed by atoms with E-state index in [0.717, 1.165) is 13.8 Å². The predicted octanol–water partition coefficient (Wildman–Crippen LogP) is 0.582. The summed E-state index contributed by atoms with van der Waals surface area (Å²) in [5.41, 5.74) is -1.21. The molecule has 90 valence electrons. The van der Waals surface area contributed by atoms with E-state index in [1.54, 1.807) is 0 Å². The zero-order valence-electron chi connectivity index (χ0n) is 9.66. The van der Waals surface area contributed by atoms with E-state index in [4.69, 9.17) is 0 Å². The Bertz CT molecular complexity index is 328. The molecule has 0 aliphatic rings. The minimum absolute atomic E-state index is 0.335. The first-order valence-corrected chi connectivity index (χ1v) is 4.59. The molecule has 6 nitrogen and oxygen atoms in total. The second-order valence-electron chi connectivity index (χ2n) is 3.91. The summed E-state index contributed by atoms with van der Waals surface area (Å²) in [5.74, 6) is -3.17. The summed E-state index contributed by atoms with van der Waals surface area (Å²) >= 11 is 0. The third kappa shape index (κ3) is 5.23. The molecule has 0 N–H and O–H groups in total. The van der Waals surface area contributed by atoms with Crippen molar-refractivity contribution in [2.45, 2.75) is 34.1 Å². The first kappa shape index (κ1) is 14.3. The third-order valence-corrected chi connectivity index (χ3v) is 1.63. The standard InChI is InChI=1S/C10H14O6/c1-6(11)15-8(13)5-10(3,4)9(14)16-7(2)12/h5H2,1-4H3. The molecule has 0 aliphatic carbocycles. The highest BCUT2D eigenvalue weighted by Crippen LogP contribution is 2.23. The maximum atomic E-state index is 11.4. The summed E-state index contributed by atoms with van der Waals surface area (Å²) in [6.45, 7) is 5.00. The fourth-order valence-electron chi connectivity index (χ4n) is 0.898. The van der Waals surface area contributed by atoms with Crippen LogP contribution in [0.3, 0.4) is 0 Å². The summed E-state index contributed by atoms with van der Waals surface area (Å²) < 4.78 is 8.62. The average Bonchev–Trinajstić information content (AvgIpc) is 1.98. The first-order valence-electron chi connectivity index (χ1n) is 4.59. The number of hydrogen-bond acceptors (Lipinski definition) is 6. The molecule has 6 heteroatoms. The Balaban J connectivity index is 4.44. The minimum atomic E-state index is -1.21. The number of hydrogen-bond donors (Lipinski definition) is 0. The Morgan fingerprint density at radius 1 is 0.938 bits per heavy atom. The van der Waals surface area contributed by atoms with Gasteiger partial charge in [0, 0.05) is 13.8 Å². The molecular formula is C10H14O6. The Kier molecular flexibility index (Phi) is 4.81. The van der Waals surface area contributed by atoms with Crippen LogP contribution in [0.1, 0.15) is 34.1 Å². The van der Waals surface area contributed by atoms with Crippen LogP contribution in [0.25, 0.3) is 0 Å². The number of esters is 4. The van der Waals surface area contributed by atoms with Gasteiger partial charge in [-0.05, 0) is 13.8 Å².